The second kappa shape index (κ2) is 7.82. The van der Waals surface area contributed by atoms with Crippen LogP contribution in [0.1, 0.15) is 11.1 Å². The Balaban J connectivity index is 1.70. The summed E-state index contributed by atoms with van der Waals surface area (Å²) >= 11 is 0. The highest BCUT2D eigenvalue weighted by atomic mass is 32.2. The number of fused-ring (bicyclic) bond motifs is 1. The van der Waals surface area contributed by atoms with Gasteiger partial charge in [-0.05, 0) is 29.8 Å². The summed E-state index contributed by atoms with van der Waals surface area (Å²) in [6, 6.07) is 8.94. The molecule has 0 aromatic heterocycles. The topological polar surface area (TPSA) is 84.9 Å². The molecule has 0 bridgehead atoms. The number of amides is 1. The van der Waals surface area contributed by atoms with Gasteiger partial charge in [-0.15, -0.1) is 0 Å². The van der Waals surface area contributed by atoms with Crippen molar-refractivity contribution < 1.29 is 35.9 Å². The van der Waals surface area contributed by atoms with E-state index in [2.05, 4.69) is 5.32 Å². The van der Waals surface area contributed by atoms with E-state index in [9.17, 15) is 26.4 Å². The van der Waals surface area contributed by atoms with Gasteiger partial charge in [0.15, 0.2) is 11.5 Å². The van der Waals surface area contributed by atoms with Crippen LogP contribution >= 0.6 is 0 Å². The molecule has 1 aliphatic rings. The van der Waals surface area contributed by atoms with Crippen LogP contribution in [0, 0.1) is 0 Å². The maximum absolute atomic E-state index is 12.8. The molecule has 0 radical (unpaired) electrons. The van der Waals surface area contributed by atoms with Crippen LogP contribution in [-0.4, -0.2) is 33.9 Å². The number of halogens is 3. The molecule has 1 heterocycles. The fraction of sp³-hybridized carbons (Fsp3) is 0.278. The minimum atomic E-state index is -4.49. The van der Waals surface area contributed by atoms with Gasteiger partial charge < -0.3 is 14.8 Å². The summed E-state index contributed by atoms with van der Waals surface area (Å²) in [6.07, 6.45) is -3.55. The van der Waals surface area contributed by atoms with E-state index >= 15 is 0 Å². The first kappa shape index (κ1) is 20.8. The van der Waals surface area contributed by atoms with Gasteiger partial charge in [0.1, 0.15) is 6.54 Å². The number of carbonyl (C=O) groups is 1. The average molecular weight is 430 g/mol. The molecule has 2 aromatic rings. The summed E-state index contributed by atoms with van der Waals surface area (Å²) in [5, 5.41) is 2.43. The van der Waals surface area contributed by atoms with Crippen molar-refractivity contribution in [2.24, 2.45) is 0 Å². The normalized spacial score (nSPS) is 13.2. The van der Waals surface area contributed by atoms with Crippen molar-refractivity contribution in [2.75, 3.05) is 23.9 Å². The second-order valence-corrected chi connectivity index (χ2v) is 8.19. The number of hydrogen-bond acceptors (Lipinski definition) is 5. The molecule has 0 fully saturated rings. The number of ether oxygens (including phenoxy) is 2. The van der Waals surface area contributed by atoms with Gasteiger partial charge in [-0.1, -0.05) is 12.1 Å². The smallest absolute Gasteiger partial charge is 0.416 e. The molecule has 11 heteroatoms. The number of benzene rings is 2. The van der Waals surface area contributed by atoms with Crippen LogP contribution in [-0.2, 0) is 27.5 Å². The lowest BCUT2D eigenvalue weighted by Crippen LogP contribution is -2.40. The van der Waals surface area contributed by atoms with Crippen LogP contribution < -0.4 is 19.1 Å². The molecule has 0 spiro atoms. The van der Waals surface area contributed by atoms with Gasteiger partial charge in [0.05, 0.1) is 17.5 Å². The van der Waals surface area contributed by atoms with Crippen molar-refractivity contribution in [3.8, 4) is 11.5 Å². The Labute approximate surface area is 165 Å². The van der Waals surface area contributed by atoms with Crippen LogP contribution in [0.2, 0.25) is 0 Å². The molecule has 0 unspecified atom stereocenters. The van der Waals surface area contributed by atoms with Crippen LogP contribution in [0.15, 0.2) is 42.5 Å². The van der Waals surface area contributed by atoms with E-state index in [0.717, 1.165) is 22.7 Å². The average Bonchev–Trinajstić information content (AvgIpc) is 3.11. The predicted molar refractivity (Wildman–Crippen MR) is 98.0 cm³/mol. The molecule has 0 saturated carbocycles. The molecule has 1 aliphatic heterocycles. The van der Waals surface area contributed by atoms with Gasteiger partial charge >= 0.3 is 6.18 Å². The molecule has 29 heavy (non-hydrogen) atoms. The number of nitrogens with zero attached hydrogens (tertiary/aromatic N) is 1. The second-order valence-electron chi connectivity index (χ2n) is 6.28. The van der Waals surface area contributed by atoms with Crippen molar-refractivity contribution in [1.29, 1.82) is 0 Å². The van der Waals surface area contributed by atoms with Crippen LogP contribution in [0.5, 0.6) is 11.5 Å². The van der Waals surface area contributed by atoms with Gasteiger partial charge in [-0.3, -0.25) is 9.10 Å². The third-order valence-corrected chi connectivity index (χ3v) is 5.22. The van der Waals surface area contributed by atoms with Gasteiger partial charge in [0.25, 0.3) is 0 Å². The summed E-state index contributed by atoms with van der Waals surface area (Å²) in [4.78, 5) is 12.3. The van der Waals surface area contributed by atoms with E-state index in [4.69, 9.17) is 9.47 Å². The monoisotopic (exact) mass is 430 g/mol. The number of alkyl halides is 3. The lowest BCUT2D eigenvalue weighted by Gasteiger charge is -2.22. The Morgan fingerprint density at radius 3 is 2.55 bits per heavy atom. The number of carbonyl (C=O) groups excluding carboxylic acids is 1. The zero-order valence-corrected chi connectivity index (χ0v) is 16.0. The third kappa shape index (κ3) is 5.11. The number of sulfonamides is 1. The summed E-state index contributed by atoms with van der Waals surface area (Å²) in [6.45, 7) is -0.714. The minimum absolute atomic E-state index is 0.00906. The van der Waals surface area contributed by atoms with E-state index in [0.29, 0.717) is 11.5 Å². The Morgan fingerprint density at radius 2 is 1.86 bits per heavy atom. The first-order chi connectivity index (χ1) is 13.5. The van der Waals surface area contributed by atoms with E-state index < -0.39 is 34.2 Å². The molecule has 0 atom stereocenters. The molecule has 1 amide bonds. The molecule has 2 aromatic carbocycles. The van der Waals surface area contributed by atoms with E-state index in [1.54, 1.807) is 0 Å². The van der Waals surface area contributed by atoms with Gasteiger partial charge in [-0.25, -0.2) is 8.42 Å². The van der Waals surface area contributed by atoms with Gasteiger partial charge in [0.2, 0.25) is 22.7 Å². The van der Waals surface area contributed by atoms with Crippen LogP contribution in [0.25, 0.3) is 0 Å². The van der Waals surface area contributed by atoms with Crippen molar-refractivity contribution >= 4 is 21.6 Å². The first-order valence-electron chi connectivity index (χ1n) is 8.34. The summed E-state index contributed by atoms with van der Waals surface area (Å²) in [5.74, 6) is 0.127. The third-order valence-electron chi connectivity index (χ3n) is 4.08. The lowest BCUT2D eigenvalue weighted by atomic mass is 10.1. The Hall–Kier alpha value is -2.95. The molecule has 7 nitrogen and oxygen atoms in total. The number of rotatable bonds is 6. The predicted octanol–water partition coefficient (Wildman–Crippen LogP) is 2.52. The lowest BCUT2D eigenvalue weighted by molar-refractivity contribution is -0.137. The maximum atomic E-state index is 12.8. The molecule has 0 aliphatic carbocycles. The van der Waals surface area contributed by atoms with Crippen molar-refractivity contribution in [3.05, 3.63) is 53.6 Å². The van der Waals surface area contributed by atoms with E-state index in [1.807, 2.05) is 0 Å². The molecule has 3 rings (SSSR count). The largest absolute Gasteiger partial charge is 0.454 e. The molecular formula is C18H17F3N2O5S. The van der Waals surface area contributed by atoms with Crippen molar-refractivity contribution in [1.82, 2.24) is 5.32 Å². The summed E-state index contributed by atoms with van der Waals surface area (Å²) in [7, 11) is -3.81. The van der Waals surface area contributed by atoms with Crippen LogP contribution in [0.3, 0.4) is 0 Å². The van der Waals surface area contributed by atoms with E-state index in [-0.39, 0.29) is 24.6 Å². The van der Waals surface area contributed by atoms with Crippen LogP contribution in [0.4, 0.5) is 18.9 Å². The number of anilines is 1. The molecule has 1 N–H and O–H groups in total. The minimum Gasteiger partial charge on any atom is -0.454 e. The Kier molecular flexibility index (Phi) is 5.60. The quantitative estimate of drug-likeness (QED) is 0.761. The Bertz CT molecular complexity index is 1020. The zero-order valence-electron chi connectivity index (χ0n) is 15.2. The van der Waals surface area contributed by atoms with E-state index in [1.165, 1.54) is 30.3 Å². The highest BCUT2D eigenvalue weighted by Gasteiger charge is 2.30. The Morgan fingerprint density at radius 1 is 1.14 bits per heavy atom. The zero-order chi connectivity index (χ0) is 21.2. The highest BCUT2D eigenvalue weighted by molar-refractivity contribution is 7.92. The summed E-state index contributed by atoms with van der Waals surface area (Å²) in [5.41, 5.74) is -0.393. The molecular weight excluding hydrogens is 413 g/mol. The standard InChI is InChI=1S/C18H17F3N2O5S/c1-29(25,26)23(14-5-6-15-16(8-14)28-11-27-15)10-17(24)22-9-12-3-2-4-13(7-12)18(19,20)21/h2-8H,9-11H2,1H3,(H,22,24). The molecule has 0 saturated heterocycles. The van der Waals surface area contributed by atoms with Crippen molar-refractivity contribution in [2.45, 2.75) is 12.7 Å². The highest BCUT2D eigenvalue weighted by Crippen LogP contribution is 2.36. The SMILES string of the molecule is CS(=O)(=O)N(CC(=O)NCc1cccc(C(F)(F)F)c1)c1ccc2c(c1)OCO2. The fourth-order valence-corrected chi connectivity index (χ4v) is 3.53. The van der Waals surface area contributed by atoms with Gasteiger partial charge in [0, 0.05) is 12.6 Å². The first-order valence-corrected chi connectivity index (χ1v) is 10.2. The maximum Gasteiger partial charge on any atom is 0.416 e. The molecule has 156 valence electrons. The van der Waals surface area contributed by atoms with Gasteiger partial charge in [-0.2, -0.15) is 13.2 Å². The van der Waals surface area contributed by atoms with Crippen molar-refractivity contribution in [3.63, 3.8) is 0 Å². The summed E-state index contributed by atoms with van der Waals surface area (Å²) < 4.78 is 73.9. The number of hydrogen-bond donors (Lipinski definition) is 1. The fourth-order valence-electron chi connectivity index (χ4n) is 2.68. The number of nitrogens with one attached hydrogen (secondary N) is 1.